The summed E-state index contributed by atoms with van der Waals surface area (Å²) in [7, 11) is 0. The minimum Gasteiger partial charge on any atom is -0.449 e. The first kappa shape index (κ1) is 19.3. The Kier molecular flexibility index (Phi) is 6.77. The van der Waals surface area contributed by atoms with Crippen molar-refractivity contribution >= 4 is 40.9 Å². The molecular formula is C19H12Cl2N2O3S. The highest BCUT2D eigenvalue weighted by atomic mass is 35.5. The van der Waals surface area contributed by atoms with Gasteiger partial charge in [0.05, 0.1) is 11.3 Å². The van der Waals surface area contributed by atoms with Crippen LogP contribution >= 0.6 is 35.0 Å². The lowest BCUT2D eigenvalue weighted by Crippen LogP contribution is -2.04. The van der Waals surface area contributed by atoms with E-state index >= 15 is 0 Å². The number of ether oxygens (including phenoxy) is 1. The number of aromatic nitrogens is 2. The Bertz CT molecular complexity index is 994. The second-order valence-electron chi connectivity index (χ2n) is 5.11. The summed E-state index contributed by atoms with van der Waals surface area (Å²) in [6.07, 6.45) is 0. The zero-order chi connectivity index (χ0) is 19.1. The summed E-state index contributed by atoms with van der Waals surface area (Å²) >= 11 is 13.0. The molecular weight excluding hydrogens is 407 g/mol. The molecule has 27 heavy (non-hydrogen) atoms. The summed E-state index contributed by atoms with van der Waals surface area (Å²) in [5, 5.41) is 9.49. The average Bonchev–Trinajstić information content (AvgIpc) is 3.14. The molecule has 0 atom stereocenters. The number of carbonyl (C=O) groups excluding carboxylic acids is 1. The number of nitrogens with zero attached hydrogens (tertiary/aromatic N) is 2. The molecule has 0 aliphatic heterocycles. The molecule has 0 amide bonds. The van der Waals surface area contributed by atoms with E-state index in [1.807, 2.05) is 12.1 Å². The monoisotopic (exact) mass is 418 g/mol. The molecule has 0 N–H and O–H groups in total. The van der Waals surface area contributed by atoms with Crippen molar-refractivity contribution in [3.63, 3.8) is 0 Å². The third-order valence-corrected chi connectivity index (χ3v) is 4.41. The fraction of sp³-hybridized carbons (Fsp3) is 0.105. The third-order valence-electron chi connectivity index (χ3n) is 3.23. The molecule has 1 heterocycles. The summed E-state index contributed by atoms with van der Waals surface area (Å²) in [4.78, 5) is 11.8. The van der Waals surface area contributed by atoms with Crippen LogP contribution in [0.4, 0.5) is 0 Å². The van der Waals surface area contributed by atoms with E-state index in [-0.39, 0.29) is 6.61 Å². The van der Waals surface area contributed by atoms with Crippen molar-refractivity contribution in [2.24, 2.45) is 0 Å². The molecule has 3 rings (SSSR count). The van der Waals surface area contributed by atoms with E-state index in [4.69, 9.17) is 32.4 Å². The molecule has 0 aliphatic carbocycles. The van der Waals surface area contributed by atoms with Crippen LogP contribution in [0.15, 0.2) is 58.2 Å². The Morgan fingerprint density at radius 3 is 2.67 bits per heavy atom. The van der Waals surface area contributed by atoms with E-state index in [2.05, 4.69) is 22.0 Å². The predicted molar refractivity (Wildman–Crippen MR) is 105 cm³/mol. The molecule has 1 aromatic heterocycles. The van der Waals surface area contributed by atoms with Gasteiger partial charge in [0.1, 0.15) is 0 Å². The van der Waals surface area contributed by atoms with Crippen LogP contribution in [0.25, 0.3) is 11.5 Å². The topological polar surface area (TPSA) is 65.2 Å². The minimum atomic E-state index is -0.448. The van der Waals surface area contributed by atoms with Crippen LogP contribution in [0.5, 0.6) is 0 Å². The van der Waals surface area contributed by atoms with Crippen LogP contribution in [-0.4, -0.2) is 28.5 Å². The predicted octanol–water partition coefficient (Wildman–Crippen LogP) is 5.00. The van der Waals surface area contributed by atoms with E-state index in [9.17, 15) is 4.79 Å². The first-order valence-corrected chi connectivity index (χ1v) is 9.46. The number of benzene rings is 2. The van der Waals surface area contributed by atoms with Gasteiger partial charge in [-0.15, -0.1) is 10.2 Å². The lowest BCUT2D eigenvalue weighted by Gasteiger charge is -2.00. The van der Waals surface area contributed by atoms with Gasteiger partial charge in [-0.05, 0) is 42.5 Å². The highest BCUT2D eigenvalue weighted by Gasteiger charge is 2.09. The molecule has 8 heteroatoms. The highest BCUT2D eigenvalue weighted by molar-refractivity contribution is 7.99. The maximum Gasteiger partial charge on any atom is 0.339 e. The van der Waals surface area contributed by atoms with Crippen molar-refractivity contribution in [1.82, 2.24) is 10.2 Å². The number of hydrogen-bond donors (Lipinski definition) is 0. The standard InChI is InChI=1S/C19H12Cl2N2O3S/c20-15-8-6-13(7-9-15)18(24)25-10-1-2-11-27-19-23-22-17(26-19)14-4-3-5-16(21)12-14/h3-9,12H,10-11H2. The third kappa shape index (κ3) is 5.76. The van der Waals surface area contributed by atoms with Gasteiger partial charge in [-0.25, -0.2) is 4.79 Å². The first-order chi connectivity index (χ1) is 13.1. The molecule has 0 fully saturated rings. The van der Waals surface area contributed by atoms with Crippen LogP contribution in [0.2, 0.25) is 10.0 Å². The van der Waals surface area contributed by atoms with Gasteiger partial charge in [-0.3, -0.25) is 0 Å². The summed E-state index contributed by atoms with van der Waals surface area (Å²) in [6, 6.07) is 13.6. The molecule has 0 unspecified atom stereocenters. The lowest BCUT2D eigenvalue weighted by molar-refractivity contribution is 0.0556. The fourth-order valence-corrected chi connectivity index (χ4v) is 2.83. The van der Waals surface area contributed by atoms with E-state index in [0.29, 0.717) is 32.5 Å². The Labute approximate surface area is 170 Å². The molecule has 5 nitrogen and oxygen atoms in total. The fourth-order valence-electron chi connectivity index (χ4n) is 1.98. The maximum absolute atomic E-state index is 11.8. The van der Waals surface area contributed by atoms with Gasteiger partial charge >= 0.3 is 5.97 Å². The van der Waals surface area contributed by atoms with Crippen molar-refractivity contribution in [3.05, 3.63) is 64.1 Å². The van der Waals surface area contributed by atoms with Gasteiger partial charge in [0.2, 0.25) is 5.89 Å². The molecule has 0 saturated carbocycles. The SMILES string of the molecule is O=C(OCC#CCSc1nnc(-c2cccc(Cl)c2)o1)c1ccc(Cl)cc1. The number of esters is 1. The molecule has 0 aliphatic rings. The maximum atomic E-state index is 11.8. The van der Waals surface area contributed by atoms with Crippen molar-refractivity contribution in [2.45, 2.75) is 5.22 Å². The minimum absolute atomic E-state index is 0.000379. The molecule has 2 aromatic carbocycles. The zero-order valence-electron chi connectivity index (χ0n) is 13.8. The van der Waals surface area contributed by atoms with Crippen LogP contribution in [0.1, 0.15) is 10.4 Å². The van der Waals surface area contributed by atoms with Gasteiger partial charge in [-0.1, -0.05) is 52.9 Å². The van der Waals surface area contributed by atoms with E-state index in [1.54, 1.807) is 36.4 Å². The van der Waals surface area contributed by atoms with Gasteiger partial charge in [0, 0.05) is 15.6 Å². The molecule has 3 aromatic rings. The number of hydrogen-bond acceptors (Lipinski definition) is 6. The van der Waals surface area contributed by atoms with E-state index in [0.717, 1.165) is 5.56 Å². The lowest BCUT2D eigenvalue weighted by atomic mass is 10.2. The van der Waals surface area contributed by atoms with Gasteiger partial charge in [-0.2, -0.15) is 0 Å². The number of carbonyl (C=O) groups is 1. The van der Waals surface area contributed by atoms with E-state index in [1.165, 1.54) is 11.8 Å². The molecule has 0 saturated heterocycles. The van der Waals surface area contributed by atoms with Crippen LogP contribution in [0.3, 0.4) is 0 Å². The zero-order valence-corrected chi connectivity index (χ0v) is 16.1. The van der Waals surface area contributed by atoms with Gasteiger partial charge in [0.25, 0.3) is 5.22 Å². The van der Waals surface area contributed by atoms with Crippen LogP contribution in [0, 0.1) is 11.8 Å². The van der Waals surface area contributed by atoms with E-state index < -0.39 is 5.97 Å². The largest absolute Gasteiger partial charge is 0.449 e. The van der Waals surface area contributed by atoms with Crippen molar-refractivity contribution in [2.75, 3.05) is 12.4 Å². The Balaban J connectivity index is 1.44. The normalized spacial score (nSPS) is 10.1. The van der Waals surface area contributed by atoms with Crippen molar-refractivity contribution in [3.8, 4) is 23.3 Å². The molecule has 0 bridgehead atoms. The Morgan fingerprint density at radius 1 is 1.07 bits per heavy atom. The van der Waals surface area contributed by atoms with Crippen molar-refractivity contribution in [1.29, 1.82) is 0 Å². The average molecular weight is 419 g/mol. The Hall–Kier alpha value is -2.46. The Morgan fingerprint density at radius 2 is 1.89 bits per heavy atom. The summed E-state index contributed by atoms with van der Waals surface area (Å²) in [5.41, 5.74) is 1.18. The summed E-state index contributed by atoms with van der Waals surface area (Å²) < 4.78 is 10.6. The smallest absolute Gasteiger partial charge is 0.339 e. The number of halogens is 2. The number of rotatable bonds is 5. The quantitative estimate of drug-likeness (QED) is 0.330. The molecule has 0 spiro atoms. The van der Waals surface area contributed by atoms with Crippen LogP contribution < -0.4 is 0 Å². The number of thioether (sulfide) groups is 1. The van der Waals surface area contributed by atoms with Gasteiger partial charge in [0.15, 0.2) is 6.61 Å². The molecule has 136 valence electrons. The highest BCUT2D eigenvalue weighted by Crippen LogP contribution is 2.24. The molecule has 0 radical (unpaired) electrons. The van der Waals surface area contributed by atoms with Gasteiger partial charge < -0.3 is 9.15 Å². The first-order valence-electron chi connectivity index (χ1n) is 7.72. The van der Waals surface area contributed by atoms with Crippen LogP contribution in [-0.2, 0) is 4.74 Å². The second kappa shape index (κ2) is 9.47. The summed E-state index contributed by atoms with van der Waals surface area (Å²) in [5.74, 6) is 6.01. The van der Waals surface area contributed by atoms with Crippen molar-refractivity contribution < 1.29 is 13.9 Å². The second-order valence-corrected chi connectivity index (χ2v) is 6.91. The summed E-state index contributed by atoms with van der Waals surface area (Å²) in [6.45, 7) is -0.000379.